The van der Waals surface area contributed by atoms with Crippen molar-refractivity contribution in [2.45, 2.75) is 12.5 Å². The number of rotatable bonds is 4. The van der Waals surface area contributed by atoms with Crippen LogP contribution in [-0.4, -0.2) is 31.2 Å². The molecule has 18 heavy (non-hydrogen) atoms. The maximum absolute atomic E-state index is 11.3. The van der Waals surface area contributed by atoms with Gasteiger partial charge in [-0.2, -0.15) is 0 Å². The normalized spacial score (nSPS) is 12.4. The van der Waals surface area contributed by atoms with Crippen molar-refractivity contribution in [3.8, 4) is 5.75 Å². The molecule has 0 aliphatic carbocycles. The zero-order valence-electron chi connectivity index (χ0n) is 10.4. The lowest BCUT2D eigenvalue weighted by atomic mass is 10.1. The summed E-state index contributed by atoms with van der Waals surface area (Å²) in [5.74, 6) is 0.363. The van der Waals surface area contributed by atoms with Crippen molar-refractivity contribution in [3.05, 3.63) is 30.0 Å². The Morgan fingerprint density at radius 3 is 2.89 bits per heavy atom. The van der Waals surface area contributed by atoms with E-state index in [-0.39, 0.29) is 0 Å². The average Bonchev–Trinajstić information content (AvgIpc) is 2.80. The lowest BCUT2D eigenvalue weighted by Gasteiger charge is -2.08. The Bertz CT molecular complexity index is 562. The smallest absolute Gasteiger partial charge is 0.322 e. The molecule has 0 aliphatic rings. The summed E-state index contributed by atoms with van der Waals surface area (Å²) in [7, 11) is 2.95. The van der Waals surface area contributed by atoms with Crippen LogP contribution in [0.1, 0.15) is 5.56 Å². The first-order valence-electron chi connectivity index (χ1n) is 5.63. The van der Waals surface area contributed by atoms with E-state index in [1.54, 1.807) is 7.11 Å². The van der Waals surface area contributed by atoms with E-state index in [4.69, 9.17) is 10.5 Å². The molecule has 0 radical (unpaired) electrons. The van der Waals surface area contributed by atoms with Gasteiger partial charge in [0.25, 0.3) is 0 Å². The molecule has 2 rings (SSSR count). The molecular formula is C13H16N2O3. The van der Waals surface area contributed by atoms with Crippen LogP contribution in [0.3, 0.4) is 0 Å². The van der Waals surface area contributed by atoms with Crippen LogP contribution in [-0.2, 0) is 16.0 Å². The largest absolute Gasteiger partial charge is 0.497 e. The number of hydrogen-bond donors (Lipinski definition) is 2. The summed E-state index contributed by atoms with van der Waals surface area (Å²) in [6, 6.07) is 5.08. The van der Waals surface area contributed by atoms with Gasteiger partial charge >= 0.3 is 5.97 Å². The first-order valence-corrected chi connectivity index (χ1v) is 5.63. The molecule has 1 aromatic heterocycles. The van der Waals surface area contributed by atoms with Crippen molar-refractivity contribution in [3.63, 3.8) is 0 Å². The Morgan fingerprint density at radius 2 is 2.22 bits per heavy atom. The van der Waals surface area contributed by atoms with E-state index >= 15 is 0 Å². The van der Waals surface area contributed by atoms with Gasteiger partial charge in [0.05, 0.1) is 14.2 Å². The summed E-state index contributed by atoms with van der Waals surface area (Å²) in [5, 5.41) is 1.01. The molecule has 2 aromatic rings. The molecule has 1 heterocycles. The third-order valence-electron chi connectivity index (χ3n) is 2.92. The number of H-pyrrole nitrogens is 1. The number of benzene rings is 1. The Labute approximate surface area is 105 Å². The molecule has 1 atom stereocenters. The van der Waals surface area contributed by atoms with Crippen molar-refractivity contribution in [2.75, 3.05) is 14.2 Å². The number of ether oxygens (including phenoxy) is 2. The van der Waals surface area contributed by atoms with Crippen molar-refractivity contribution in [1.29, 1.82) is 0 Å². The molecule has 96 valence electrons. The second-order valence-corrected chi connectivity index (χ2v) is 4.06. The van der Waals surface area contributed by atoms with Crippen molar-refractivity contribution >= 4 is 16.9 Å². The molecule has 0 fully saturated rings. The van der Waals surface area contributed by atoms with E-state index in [9.17, 15) is 4.79 Å². The number of carbonyl (C=O) groups is 1. The molecule has 0 aliphatic heterocycles. The molecule has 0 saturated carbocycles. The van der Waals surface area contributed by atoms with Crippen LogP contribution in [0.4, 0.5) is 0 Å². The van der Waals surface area contributed by atoms with Crippen LogP contribution in [0.5, 0.6) is 5.75 Å². The number of esters is 1. The molecule has 0 saturated heterocycles. The fraction of sp³-hybridized carbons (Fsp3) is 0.308. The van der Waals surface area contributed by atoms with Gasteiger partial charge in [-0.3, -0.25) is 4.79 Å². The molecule has 5 heteroatoms. The average molecular weight is 248 g/mol. The summed E-state index contributed by atoms with van der Waals surface area (Å²) in [6.45, 7) is 0. The highest BCUT2D eigenvalue weighted by atomic mass is 16.5. The maximum atomic E-state index is 11.3. The number of aromatic amines is 1. The zero-order valence-corrected chi connectivity index (χ0v) is 10.4. The van der Waals surface area contributed by atoms with Crippen LogP contribution < -0.4 is 10.5 Å². The Morgan fingerprint density at radius 1 is 1.44 bits per heavy atom. The van der Waals surface area contributed by atoms with E-state index in [1.165, 1.54) is 7.11 Å². The van der Waals surface area contributed by atoms with E-state index in [2.05, 4.69) is 9.72 Å². The van der Waals surface area contributed by atoms with Gasteiger partial charge in [0.2, 0.25) is 0 Å². The standard InChI is InChI=1S/C13H16N2O3/c1-17-9-3-4-12-10(6-9)8(7-15-12)5-11(14)13(16)18-2/h3-4,6-7,11,15H,5,14H2,1-2H3. The SMILES string of the molecule is COC(=O)C(N)Cc1c[nH]c2ccc(OC)cc12. The lowest BCUT2D eigenvalue weighted by Crippen LogP contribution is -2.33. The highest BCUT2D eigenvalue weighted by Crippen LogP contribution is 2.24. The van der Waals surface area contributed by atoms with Gasteiger partial charge in [-0.1, -0.05) is 0 Å². The highest BCUT2D eigenvalue weighted by Gasteiger charge is 2.16. The third-order valence-corrected chi connectivity index (χ3v) is 2.92. The predicted octanol–water partition coefficient (Wildman–Crippen LogP) is 1.22. The minimum atomic E-state index is -0.653. The number of nitrogens with one attached hydrogen (secondary N) is 1. The molecule has 1 aromatic carbocycles. The van der Waals surface area contributed by atoms with E-state index in [0.717, 1.165) is 22.2 Å². The molecule has 5 nitrogen and oxygen atoms in total. The topological polar surface area (TPSA) is 77.3 Å². The Balaban J connectivity index is 2.30. The number of fused-ring (bicyclic) bond motifs is 1. The molecule has 0 amide bonds. The summed E-state index contributed by atoms with van der Waals surface area (Å²) < 4.78 is 9.80. The maximum Gasteiger partial charge on any atom is 0.322 e. The summed E-state index contributed by atoms with van der Waals surface area (Å²) in [6.07, 6.45) is 2.28. The van der Waals surface area contributed by atoms with Gasteiger partial charge in [0.15, 0.2) is 0 Å². The number of methoxy groups -OCH3 is 2. The predicted molar refractivity (Wildman–Crippen MR) is 68.5 cm³/mol. The van der Waals surface area contributed by atoms with E-state index in [0.29, 0.717) is 6.42 Å². The van der Waals surface area contributed by atoms with Crippen molar-refractivity contribution in [1.82, 2.24) is 4.98 Å². The number of carbonyl (C=O) groups excluding carboxylic acids is 1. The number of nitrogens with two attached hydrogens (primary N) is 1. The summed E-state index contributed by atoms with van der Waals surface area (Å²) in [4.78, 5) is 14.5. The second-order valence-electron chi connectivity index (χ2n) is 4.06. The van der Waals surface area contributed by atoms with Crippen molar-refractivity contribution in [2.24, 2.45) is 5.73 Å². The first kappa shape index (κ1) is 12.4. The molecule has 3 N–H and O–H groups in total. The molecule has 1 unspecified atom stereocenters. The van der Waals surface area contributed by atoms with E-state index < -0.39 is 12.0 Å². The van der Waals surface area contributed by atoms with Crippen LogP contribution in [0.25, 0.3) is 10.9 Å². The third kappa shape index (κ3) is 2.31. The highest BCUT2D eigenvalue weighted by molar-refractivity contribution is 5.85. The van der Waals surface area contributed by atoms with Crippen LogP contribution in [0, 0.1) is 0 Å². The first-order chi connectivity index (χ1) is 8.65. The van der Waals surface area contributed by atoms with Gasteiger partial charge < -0.3 is 20.2 Å². The van der Waals surface area contributed by atoms with Gasteiger partial charge in [-0.15, -0.1) is 0 Å². The lowest BCUT2D eigenvalue weighted by molar-refractivity contribution is -0.142. The quantitative estimate of drug-likeness (QED) is 0.797. The fourth-order valence-corrected chi connectivity index (χ4v) is 1.93. The number of aromatic nitrogens is 1. The minimum Gasteiger partial charge on any atom is -0.497 e. The Hall–Kier alpha value is -2.01. The second kappa shape index (κ2) is 5.10. The van der Waals surface area contributed by atoms with Crippen LogP contribution >= 0.6 is 0 Å². The summed E-state index contributed by atoms with van der Waals surface area (Å²) >= 11 is 0. The van der Waals surface area contributed by atoms with Gasteiger partial charge in [0, 0.05) is 23.5 Å². The summed E-state index contributed by atoms with van der Waals surface area (Å²) in [5.41, 5.74) is 7.72. The van der Waals surface area contributed by atoms with Crippen LogP contribution in [0.2, 0.25) is 0 Å². The fourth-order valence-electron chi connectivity index (χ4n) is 1.93. The van der Waals surface area contributed by atoms with E-state index in [1.807, 2.05) is 24.4 Å². The van der Waals surface area contributed by atoms with Crippen molar-refractivity contribution < 1.29 is 14.3 Å². The molecule has 0 spiro atoms. The monoisotopic (exact) mass is 248 g/mol. The molecule has 0 bridgehead atoms. The van der Waals surface area contributed by atoms with Gasteiger partial charge in [-0.05, 0) is 23.8 Å². The van der Waals surface area contributed by atoms with Gasteiger partial charge in [0.1, 0.15) is 11.8 Å². The number of hydrogen-bond acceptors (Lipinski definition) is 4. The minimum absolute atomic E-state index is 0.410. The molecular weight excluding hydrogens is 232 g/mol. The zero-order chi connectivity index (χ0) is 13.1. The van der Waals surface area contributed by atoms with Crippen LogP contribution in [0.15, 0.2) is 24.4 Å². The van der Waals surface area contributed by atoms with Gasteiger partial charge in [-0.25, -0.2) is 0 Å². The Kier molecular flexibility index (Phi) is 3.53.